The lowest BCUT2D eigenvalue weighted by molar-refractivity contribution is 0.0505. The van der Waals surface area contributed by atoms with Crippen molar-refractivity contribution in [3.63, 3.8) is 0 Å². The molecule has 0 aliphatic heterocycles. The molecule has 2 heterocycles. The number of nitrogens with one attached hydrogen (secondary N) is 2. The molecule has 13 heteroatoms. The van der Waals surface area contributed by atoms with Crippen molar-refractivity contribution in [3.8, 4) is 11.1 Å². The molecule has 2 aromatic carbocycles. The van der Waals surface area contributed by atoms with E-state index in [1.165, 1.54) is 11.3 Å². The van der Waals surface area contributed by atoms with Gasteiger partial charge in [-0.15, -0.1) is 21.5 Å². The van der Waals surface area contributed by atoms with Gasteiger partial charge in [-0.05, 0) is 44.0 Å². The second-order valence-corrected chi connectivity index (χ2v) is 11.0. The number of hydrogen-bond donors (Lipinski definition) is 3. The molecule has 11 nitrogen and oxygen atoms in total. The van der Waals surface area contributed by atoms with E-state index in [4.69, 9.17) is 14.3 Å². The van der Waals surface area contributed by atoms with E-state index in [1.54, 1.807) is 20.8 Å². The number of nitrogens with zero attached hydrogens (tertiary/aromatic N) is 3. The van der Waals surface area contributed by atoms with Crippen LogP contribution in [0.2, 0.25) is 0 Å². The first kappa shape index (κ1) is 24.7. The Morgan fingerprint density at radius 1 is 1.14 bits per heavy atom. The lowest BCUT2D eigenvalue weighted by Gasteiger charge is -2.21. The van der Waals surface area contributed by atoms with Crippen LogP contribution < -0.4 is 15.2 Å². The second kappa shape index (κ2) is 9.70. The van der Waals surface area contributed by atoms with Crippen LogP contribution in [0, 0.1) is 0 Å². The zero-order valence-corrected chi connectivity index (χ0v) is 20.8. The number of thiazole rings is 1. The molecule has 4 aromatic rings. The SMILES string of the molecule is CC(C)(C)OC(=O)NC(c1nnc(CNS(N)(=O)=O)o1)c1nc2ccc(-c3ccccc3)cc2s1. The van der Waals surface area contributed by atoms with E-state index in [1.807, 2.05) is 48.5 Å². The molecule has 0 radical (unpaired) electrons. The highest BCUT2D eigenvalue weighted by molar-refractivity contribution is 7.87. The van der Waals surface area contributed by atoms with Crippen molar-refractivity contribution < 1.29 is 22.4 Å². The number of alkyl carbamates (subject to hydrolysis) is 1. The summed E-state index contributed by atoms with van der Waals surface area (Å²) in [7, 11) is -3.95. The standard InChI is InChI=1S/C22H24N6O5S2/c1-22(2,3)33-21(29)26-18(19-28-27-17(32-19)12-24-35(23,30)31)20-25-15-10-9-14(11-16(15)34-20)13-7-5-4-6-8-13/h4-11,18,24H,12H2,1-3H3,(H,26,29)(H2,23,30,31). The highest BCUT2D eigenvalue weighted by Gasteiger charge is 2.29. The Balaban J connectivity index is 1.67. The third kappa shape index (κ3) is 6.60. The third-order valence-corrected chi connectivity index (χ3v) is 6.20. The maximum absolute atomic E-state index is 12.6. The fraction of sp³-hybridized carbons (Fsp3) is 0.273. The van der Waals surface area contributed by atoms with E-state index < -0.39 is 27.9 Å². The van der Waals surface area contributed by atoms with Gasteiger partial charge < -0.3 is 14.5 Å². The van der Waals surface area contributed by atoms with Crippen LogP contribution >= 0.6 is 11.3 Å². The first-order chi connectivity index (χ1) is 16.5. The van der Waals surface area contributed by atoms with Crippen LogP contribution in [0.3, 0.4) is 0 Å². The molecule has 0 aliphatic rings. The summed E-state index contributed by atoms with van der Waals surface area (Å²) in [6.07, 6.45) is -0.700. The van der Waals surface area contributed by atoms with E-state index in [0.717, 1.165) is 21.3 Å². The van der Waals surface area contributed by atoms with Crippen molar-refractivity contribution in [2.45, 2.75) is 39.0 Å². The van der Waals surface area contributed by atoms with Crippen LogP contribution in [0.25, 0.3) is 21.3 Å². The van der Waals surface area contributed by atoms with E-state index in [-0.39, 0.29) is 18.3 Å². The maximum atomic E-state index is 12.6. The van der Waals surface area contributed by atoms with Crippen LogP contribution in [0.1, 0.15) is 43.6 Å². The highest BCUT2D eigenvalue weighted by Crippen LogP contribution is 2.33. The van der Waals surface area contributed by atoms with E-state index in [9.17, 15) is 13.2 Å². The van der Waals surface area contributed by atoms with Gasteiger partial charge in [-0.3, -0.25) is 0 Å². The Kier molecular flexibility index (Phi) is 6.85. The van der Waals surface area contributed by atoms with Crippen LogP contribution in [0.4, 0.5) is 4.79 Å². The molecule has 4 rings (SSSR count). The smallest absolute Gasteiger partial charge is 0.408 e. The fourth-order valence-electron chi connectivity index (χ4n) is 3.15. The summed E-state index contributed by atoms with van der Waals surface area (Å²) >= 11 is 1.36. The van der Waals surface area contributed by atoms with Gasteiger partial charge in [0.25, 0.3) is 10.2 Å². The number of carbonyl (C=O) groups is 1. The predicted octanol–water partition coefficient (Wildman–Crippen LogP) is 3.25. The lowest BCUT2D eigenvalue weighted by Crippen LogP contribution is -2.35. The van der Waals surface area contributed by atoms with Crippen molar-refractivity contribution in [1.82, 2.24) is 25.2 Å². The van der Waals surface area contributed by atoms with Crippen LogP contribution in [0.15, 0.2) is 52.9 Å². The van der Waals surface area contributed by atoms with Gasteiger partial charge in [0.1, 0.15) is 10.6 Å². The van der Waals surface area contributed by atoms with Crippen LogP contribution in [-0.4, -0.2) is 35.3 Å². The van der Waals surface area contributed by atoms with Crippen molar-refractivity contribution in [1.29, 1.82) is 0 Å². The molecule has 0 saturated heterocycles. The number of hydrogen-bond acceptors (Lipinski definition) is 9. The van der Waals surface area contributed by atoms with Gasteiger partial charge in [0, 0.05) is 0 Å². The number of rotatable bonds is 7. The molecule has 184 valence electrons. The Bertz CT molecular complexity index is 1440. The topological polar surface area (TPSA) is 162 Å². The van der Waals surface area contributed by atoms with Crippen molar-refractivity contribution in [3.05, 3.63) is 65.3 Å². The van der Waals surface area contributed by atoms with Gasteiger partial charge in [-0.2, -0.15) is 13.1 Å². The average Bonchev–Trinajstić information content (AvgIpc) is 3.41. The molecular weight excluding hydrogens is 492 g/mol. The van der Waals surface area contributed by atoms with E-state index in [2.05, 4.69) is 25.2 Å². The molecule has 0 fully saturated rings. The Morgan fingerprint density at radius 2 is 1.89 bits per heavy atom. The highest BCUT2D eigenvalue weighted by atomic mass is 32.2. The van der Waals surface area contributed by atoms with Crippen molar-refractivity contribution in [2.75, 3.05) is 0 Å². The number of nitrogens with two attached hydrogens (primary N) is 1. The van der Waals surface area contributed by atoms with Gasteiger partial charge >= 0.3 is 6.09 Å². The lowest BCUT2D eigenvalue weighted by atomic mass is 10.1. The summed E-state index contributed by atoms with van der Waals surface area (Å²) in [6.45, 7) is 4.93. The quantitative estimate of drug-likeness (QED) is 0.337. The second-order valence-electron chi connectivity index (χ2n) is 8.58. The van der Waals surface area contributed by atoms with Crippen molar-refractivity contribution in [2.24, 2.45) is 5.14 Å². The molecular formula is C22H24N6O5S2. The first-order valence-corrected chi connectivity index (χ1v) is 12.9. The normalized spacial score (nSPS) is 13.0. The Morgan fingerprint density at radius 3 is 2.57 bits per heavy atom. The van der Waals surface area contributed by atoms with Gasteiger partial charge in [-0.1, -0.05) is 36.4 Å². The number of ether oxygens (including phenoxy) is 1. The molecule has 0 bridgehead atoms. The van der Waals surface area contributed by atoms with Gasteiger partial charge in [0.05, 0.1) is 16.8 Å². The fourth-order valence-corrected chi connectivity index (χ4v) is 4.52. The zero-order valence-electron chi connectivity index (χ0n) is 19.2. The summed E-state index contributed by atoms with van der Waals surface area (Å²) in [5, 5.41) is 16.0. The monoisotopic (exact) mass is 516 g/mol. The third-order valence-electron chi connectivity index (χ3n) is 4.57. The van der Waals surface area contributed by atoms with Gasteiger partial charge in [-0.25, -0.2) is 14.9 Å². The number of fused-ring (bicyclic) bond motifs is 1. The van der Waals surface area contributed by atoms with Crippen LogP contribution in [0.5, 0.6) is 0 Å². The minimum Gasteiger partial charge on any atom is -0.444 e. The molecule has 0 saturated carbocycles. The van der Waals surface area contributed by atoms with Crippen LogP contribution in [-0.2, 0) is 21.5 Å². The number of benzene rings is 2. The molecule has 35 heavy (non-hydrogen) atoms. The zero-order chi connectivity index (χ0) is 25.2. The molecule has 4 N–H and O–H groups in total. The molecule has 1 amide bonds. The summed E-state index contributed by atoms with van der Waals surface area (Å²) in [4.78, 5) is 17.2. The summed E-state index contributed by atoms with van der Waals surface area (Å²) < 4.78 is 36.3. The number of carbonyl (C=O) groups excluding carboxylic acids is 1. The van der Waals surface area contributed by atoms with Gasteiger partial charge in [0.15, 0.2) is 6.04 Å². The predicted molar refractivity (Wildman–Crippen MR) is 131 cm³/mol. The molecule has 0 spiro atoms. The van der Waals surface area contributed by atoms with E-state index >= 15 is 0 Å². The van der Waals surface area contributed by atoms with Gasteiger partial charge in [0.2, 0.25) is 11.8 Å². The summed E-state index contributed by atoms with van der Waals surface area (Å²) in [5.74, 6) is -0.0121. The molecule has 1 unspecified atom stereocenters. The van der Waals surface area contributed by atoms with Crippen molar-refractivity contribution >= 4 is 37.9 Å². The van der Waals surface area contributed by atoms with E-state index in [0.29, 0.717) is 5.01 Å². The molecule has 1 atom stereocenters. The Labute approximate surface area is 205 Å². The molecule has 2 aromatic heterocycles. The maximum Gasteiger partial charge on any atom is 0.408 e. The summed E-state index contributed by atoms with van der Waals surface area (Å²) in [5.41, 5.74) is 2.10. The molecule has 0 aliphatic carbocycles. The minimum atomic E-state index is -3.95. The average molecular weight is 517 g/mol. The minimum absolute atomic E-state index is 0.0180. The largest absolute Gasteiger partial charge is 0.444 e. The number of amides is 1. The number of aromatic nitrogens is 3. The summed E-state index contributed by atoms with van der Waals surface area (Å²) in [6, 6.07) is 14.9. The Hall–Kier alpha value is -3.39. The first-order valence-electron chi connectivity index (χ1n) is 10.5.